The van der Waals surface area contributed by atoms with E-state index in [0.29, 0.717) is 34.5 Å². The summed E-state index contributed by atoms with van der Waals surface area (Å²) in [5.74, 6) is 2.26. The van der Waals surface area contributed by atoms with Crippen molar-refractivity contribution < 1.29 is 14.3 Å². The highest BCUT2D eigenvalue weighted by Gasteiger charge is 2.18. The van der Waals surface area contributed by atoms with E-state index in [9.17, 15) is 4.79 Å². The van der Waals surface area contributed by atoms with Crippen molar-refractivity contribution >= 4 is 11.6 Å². The van der Waals surface area contributed by atoms with Crippen LogP contribution in [0.2, 0.25) is 0 Å². The van der Waals surface area contributed by atoms with Gasteiger partial charge in [-0.15, -0.1) is 0 Å². The van der Waals surface area contributed by atoms with Gasteiger partial charge in [-0.25, -0.2) is 15.0 Å². The third-order valence-corrected chi connectivity index (χ3v) is 5.40. The van der Waals surface area contributed by atoms with Gasteiger partial charge in [0.05, 0.1) is 43.7 Å². The minimum absolute atomic E-state index is 0.333. The maximum Gasteiger partial charge on any atom is 0.274 e. The average Bonchev–Trinajstić information content (AvgIpc) is 3.32. The van der Waals surface area contributed by atoms with Gasteiger partial charge in [-0.05, 0) is 45.0 Å². The van der Waals surface area contributed by atoms with Gasteiger partial charge in [-0.2, -0.15) is 5.10 Å². The number of aryl methyl sites for hydroxylation is 3. The van der Waals surface area contributed by atoms with E-state index in [1.54, 1.807) is 51.9 Å². The van der Waals surface area contributed by atoms with Gasteiger partial charge in [0.2, 0.25) is 5.95 Å². The second-order valence-corrected chi connectivity index (χ2v) is 7.50. The van der Waals surface area contributed by atoms with Crippen LogP contribution in [-0.4, -0.2) is 49.4 Å². The first-order chi connectivity index (χ1) is 15.8. The van der Waals surface area contributed by atoms with Crippen LogP contribution >= 0.6 is 0 Å². The first kappa shape index (κ1) is 22.0. The molecular formula is C23H25N7O3. The molecule has 0 bridgehead atoms. The third kappa shape index (κ3) is 4.14. The van der Waals surface area contributed by atoms with E-state index in [2.05, 4.69) is 25.4 Å². The number of methoxy groups -OCH3 is 2. The molecular weight excluding hydrogens is 422 g/mol. The van der Waals surface area contributed by atoms with Gasteiger partial charge in [-0.3, -0.25) is 14.0 Å². The van der Waals surface area contributed by atoms with E-state index in [4.69, 9.17) is 9.47 Å². The fraction of sp³-hybridized carbons (Fsp3) is 0.261. The number of nitrogens with zero attached hydrogens (tertiary/aromatic N) is 6. The minimum Gasteiger partial charge on any atom is -0.497 e. The number of nitrogens with one attached hydrogen (secondary N) is 1. The standard InChI is InChI=1S/C23H25N7O3/c1-13-14(2)30(15(3)26-13)23-24-11-16(12-25-23)27-22(31)20-10-19(28-29(20)4)18-9-17(32-5)7-8-21(18)33-6/h7-12H,1-6H3,(H,27,31). The highest BCUT2D eigenvalue weighted by Crippen LogP contribution is 2.33. The van der Waals surface area contributed by atoms with E-state index in [1.807, 2.05) is 31.4 Å². The molecule has 4 rings (SSSR count). The van der Waals surface area contributed by atoms with E-state index in [-0.39, 0.29) is 5.91 Å². The number of anilines is 1. The number of imidazole rings is 1. The monoisotopic (exact) mass is 447 g/mol. The number of rotatable bonds is 6. The molecule has 0 atom stereocenters. The second-order valence-electron chi connectivity index (χ2n) is 7.50. The topological polar surface area (TPSA) is 109 Å². The Hall–Kier alpha value is -4.21. The summed E-state index contributed by atoms with van der Waals surface area (Å²) >= 11 is 0. The molecule has 4 aromatic rings. The first-order valence-corrected chi connectivity index (χ1v) is 10.2. The van der Waals surface area contributed by atoms with Crippen molar-refractivity contribution in [2.75, 3.05) is 19.5 Å². The average molecular weight is 447 g/mol. The Morgan fingerprint density at radius 1 is 1.03 bits per heavy atom. The van der Waals surface area contributed by atoms with Gasteiger partial charge < -0.3 is 14.8 Å². The molecule has 0 radical (unpaired) electrons. The number of hydrogen-bond donors (Lipinski definition) is 1. The minimum atomic E-state index is -0.333. The molecule has 1 aromatic carbocycles. The normalized spacial score (nSPS) is 10.8. The summed E-state index contributed by atoms with van der Waals surface area (Å²) in [6, 6.07) is 7.11. The molecule has 0 aliphatic carbocycles. The Balaban J connectivity index is 1.57. The zero-order chi connectivity index (χ0) is 23.7. The molecule has 170 valence electrons. The van der Waals surface area contributed by atoms with Gasteiger partial charge in [0.1, 0.15) is 23.0 Å². The Morgan fingerprint density at radius 3 is 2.36 bits per heavy atom. The molecule has 10 heteroatoms. The van der Waals surface area contributed by atoms with Crippen LogP contribution in [0, 0.1) is 20.8 Å². The van der Waals surface area contributed by atoms with Gasteiger partial charge in [0.25, 0.3) is 5.91 Å². The smallest absolute Gasteiger partial charge is 0.274 e. The SMILES string of the molecule is COc1ccc(OC)c(-c2cc(C(=O)Nc3cnc(-n4c(C)nc(C)c4C)nc3)n(C)n2)c1. The molecule has 0 fully saturated rings. The Bertz CT molecular complexity index is 1320. The molecule has 1 N–H and O–H groups in total. The summed E-state index contributed by atoms with van der Waals surface area (Å²) in [5, 5.41) is 7.30. The summed E-state index contributed by atoms with van der Waals surface area (Å²) in [6.07, 6.45) is 3.13. The van der Waals surface area contributed by atoms with Gasteiger partial charge in [0, 0.05) is 18.3 Å². The van der Waals surface area contributed by atoms with E-state index in [0.717, 1.165) is 22.8 Å². The zero-order valence-corrected chi connectivity index (χ0v) is 19.4. The van der Waals surface area contributed by atoms with Crippen LogP contribution in [0.5, 0.6) is 11.5 Å². The number of carbonyl (C=O) groups is 1. The fourth-order valence-corrected chi connectivity index (χ4v) is 3.59. The van der Waals surface area contributed by atoms with Crippen LogP contribution in [0.3, 0.4) is 0 Å². The molecule has 3 heterocycles. The van der Waals surface area contributed by atoms with E-state index >= 15 is 0 Å². The molecule has 1 amide bonds. The van der Waals surface area contributed by atoms with Crippen LogP contribution < -0.4 is 14.8 Å². The molecule has 0 unspecified atom stereocenters. The first-order valence-electron chi connectivity index (χ1n) is 10.2. The highest BCUT2D eigenvalue weighted by molar-refractivity contribution is 6.03. The molecule has 10 nitrogen and oxygen atoms in total. The number of carbonyl (C=O) groups excluding carboxylic acids is 1. The van der Waals surface area contributed by atoms with E-state index in [1.165, 1.54) is 4.68 Å². The van der Waals surface area contributed by atoms with Crippen LogP contribution in [0.25, 0.3) is 17.2 Å². The van der Waals surface area contributed by atoms with Crippen LogP contribution in [-0.2, 0) is 7.05 Å². The van der Waals surface area contributed by atoms with Crippen LogP contribution in [0.4, 0.5) is 5.69 Å². The van der Waals surface area contributed by atoms with E-state index < -0.39 is 0 Å². The number of aromatic nitrogens is 6. The molecule has 3 aromatic heterocycles. The summed E-state index contributed by atoms with van der Waals surface area (Å²) < 4.78 is 14.1. The lowest BCUT2D eigenvalue weighted by Gasteiger charge is -2.08. The number of amides is 1. The zero-order valence-electron chi connectivity index (χ0n) is 19.4. The van der Waals surface area contributed by atoms with Crippen molar-refractivity contribution in [1.29, 1.82) is 0 Å². The molecule has 0 aliphatic heterocycles. The summed E-state index contributed by atoms with van der Waals surface area (Å²) in [7, 11) is 4.88. The lowest BCUT2D eigenvalue weighted by atomic mass is 10.1. The Morgan fingerprint density at radius 2 is 1.76 bits per heavy atom. The molecule has 0 saturated carbocycles. The number of ether oxygens (including phenoxy) is 2. The Labute approximate surface area is 191 Å². The van der Waals surface area contributed by atoms with Crippen LogP contribution in [0.15, 0.2) is 36.7 Å². The lowest BCUT2D eigenvalue weighted by molar-refractivity contribution is 0.101. The maximum atomic E-state index is 12.9. The third-order valence-electron chi connectivity index (χ3n) is 5.40. The highest BCUT2D eigenvalue weighted by atomic mass is 16.5. The number of benzene rings is 1. The molecule has 0 saturated heterocycles. The van der Waals surface area contributed by atoms with Crippen molar-refractivity contribution in [3.63, 3.8) is 0 Å². The van der Waals surface area contributed by atoms with Gasteiger partial charge in [0.15, 0.2) is 0 Å². The maximum absolute atomic E-state index is 12.9. The molecule has 0 spiro atoms. The molecule has 33 heavy (non-hydrogen) atoms. The number of hydrogen-bond acceptors (Lipinski definition) is 7. The van der Waals surface area contributed by atoms with Crippen molar-refractivity contribution in [3.05, 3.63) is 59.6 Å². The van der Waals surface area contributed by atoms with Crippen molar-refractivity contribution in [3.8, 4) is 28.7 Å². The summed E-state index contributed by atoms with van der Waals surface area (Å²) in [6.45, 7) is 5.80. The second kappa shape index (κ2) is 8.73. The lowest BCUT2D eigenvalue weighted by Crippen LogP contribution is -2.16. The largest absolute Gasteiger partial charge is 0.497 e. The van der Waals surface area contributed by atoms with Gasteiger partial charge in [-0.1, -0.05) is 0 Å². The van der Waals surface area contributed by atoms with Crippen molar-refractivity contribution in [1.82, 2.24) is 29.3 Å². The van der Waals surface area contributed by atoms with Gasteiger partial charge >= 0.3 is 0 Å². The predicted octanol–water partition coefficient (Wildman–Crippen LogP) is 3.26. The quantitative estimate of drug-likeness (QED) is 0.483. The summed E-state index contributed by atoms with van der Waals surface area (Å²) in [5.41, 5.74) is 4.05. The van der Waals surface area contributed by atoms with Crippen molar-refractivity contribution in [2.24, 2.45) is 7.05 Å². The predicted molar refractivity (Wildman–Crippen MR) is 123 cm³/mol. The van der Waals surface area contributed by atoms with Crippen LogP contribution in [0.1, 0.15) is 27.7 Å². The molecule has 0 aliphatic rings. The van der Waals surface area contributed by atoms with Crippen molar-refractivity contribution in [2.45, 2.75) is 20.8 Å². The fourth-order valence-electron chi connectivity index (χ4n) is 3.59. The summed E-state index contributed by atoms with van der Waals surface area (Å²) in [4.78, 5) is 26.2. The Kier molecular flexibility index (Phi) is 5.82.